The Morgan fingerprint density at radius 3 is 2.10 bits per heavy atom. The number of sulfonamides is 1. The molecule has 0 saturated carbocycles. The van der Waals surface area contributed by atoms with Gasteiger partial charge in [-0.3, -0.25) is 9.69 Å². The summed E-state index contributed by atoms with van der Waals surface area (Å²) in [5, 5.41) is 2.93. The number of carbonyl (C=O) groups excluding carboxylic acids is 1. The van der Waals surface area contributed by atoms with Gasteiger partial charge in [0, 0.05) is 31.9 Å². The number of hydrogen-bond acceptors (Lipinski definition) is 4. The summed E-state index contributed by atoms with van der Waals surface area (Å²) in [5.41, 5.74) is 4.18. The zero-order valence-electron chi connectivity index (χ0n) is 19.1. The highest BCUT2D eigenvalue weighted by molar-refractivity contribution is 7.89. The lowest BCUT2D eigenvalue weighted by molar-refractivity contribution is -0.117. The normalized spacial score (nSPS) is 16.3. The number of aryl methyl sites for hydroxylation is 2. The van der Waals surface area contributed by atoms with Gasteiger partial charge in [-0.1, -0.05) is 39.0 Å². The zero-order valence-corrected chi connectivity index (χ0v) is 19.9. The highest BCUT2D eigenvalue weighted by Gasteiger charge is 2.29. The minimum atomic E-state index is -3.53. The lowest BCUT2D eigenvalue weighted by Crippen LogP contribution is -2.50. The van der Waals surface area contributed by atoms with Gasteiger partial charge in [-0.25, -0.2) is 8.42 Å². The van der Waals surface area contributed by atoms with Crippen molar-refractivity contribution in [2.45, 2.75) is 44.9 Å². The molecule has 0 aromatic heterocycles. The molecule has 0 unspecified atom stereocenters. The number of piperazine rings is 1. The van der Waals surface area contributed by atoms with Gasteiger partial charge in [0.25, 0.3) is 0 Å². The third-order valence-corrected chi connectivity index (χ3v) is 7.76. The summed E-state index contributed by atoms with van der Waals surface area (Å²) in [6, 6.07) is 13.0. The minimum absolute atomic E-state index is 0.0221. The molecular weight excluding hydrogens is 410 g/mol. The predicted octanol–water partition coefficient (Wildman–Crippen LogP) is 3.55. The Morgan fingerprint density at radius 2 is 1.55 bits per heavy atom. The second-order valence-corrected chi connectivity index (χ2v) is 11.2. The Bertz CT molecular complexity index is 1030. The molecule has 7 heteroatoms. The van der Waals surface area contributed by atoms with Crippen LogP contribution < -0.4 is 5.32 Å². The molecule has 2 aromatic rings. The molecule has 1 heterocycles. The van der Waals surface area contributed by atoms with Gasteiger partial charge in [0.1, 0.15) is 0 Å². The SMILES string of the molecule is Cc1ccc(NC(=O)CN2CCN(S(=O)(=O)c3ccc(C(C)(C)C)cc3)CC2)cc1C. The molecule has 168 valence electrons. The van der Waals surface area contributed by atoms with Gasteiger partial charge in [-0.05, 0) is 60.2 Å². The molecule has 2 aromatic carbocycles. The summed E-state index contributed by atoms with van der Waals surface area (Å²) >= 11 is 0. The summed E-state index contributed by atoms with van der Waals surface area (Å²) in [4.78, 5) is 14.7. The molecule has 1 aliphatic heterocycles. The van der Waals surface area contributed by atoms with Crippen LogP contribution in [-0.4, -0.2) is 56.3 Å². The first-order valence-corrected chi connectivity index (χ1v) is 12.1. The van der Waals surface area contributed by atoms with E-state index in [1.165, 1.54) is 9.87 Å². The number of nitrogens with one attached hydrogen (secondary N) is 1. The van der Waals surface area contributed by atoms with Gasteiger partial charge in [0.15, 0.2) is 0 Å². The van der Waals surface area contributed by atoms with Crippen molar-refractivity contribution < 1.29 is 13.2 Å². The number of benzene rings is 2. The first-order chi connectivity index (χ1) is 14.5. The van der Waals surface area contributed by atoms with Crippen LogP contribution >= 0.6 is 0 Å². The van der Waals surface area contributed by atoms with E-state index in [0.717, 1.165) is 16.8 Å². The Hall–Kier alpha value is -2.22. The number of anilines is 1. The summed E-state index contributed by atoms with van der Waals surface area (Å²) in [5.74, 6) is -0.0858. The van der Waals surface area contributed by atoms with Gasteiger partial charge in [-0.2, -0.15) is 4.31 Å². The fraction of sp³-hybridized carbons (Fsp3) is 0.458. The van der Waals surface area contributed by atoms with E-state index in [4.69, 9.17) is 0 Å². The Labute approximate surface area is 186 Å². The molecule has 0 atom stereocenters. The summed E-state index contributed by atoms with van der Waals surface area (Å²) in [6.07, 6.45) is 0. The Kier molecular flexibility index (Phi) is 6.88. The van der Waals surface area contributed by atoms with E-state index in [9.17, 15) is 13.2 Å². The van der Waals surface area contributed by atoms with Crippen LogP contribution in [0.15, 0.2) is 47.4 Å². The molecule has 0 radical (unpaired) electrons. The van der Waals surface area contributed by atoms with Crippen LogP contribution in [0, 0.1) is 13.8 Å². The Balaban J connectivity index is 1.55. The van der Waals surface area contributed by atoms with Crippen molar-refractivity contribution in [3.8, 4) is 0 Å². The second-order valence-electron chi connectivity index (χ2n) is 9.30. The molecule has 1 amide bonds. The monoisotopic (exact) mass is 443 g/mol. The van der Waals surface area contributed by atoms with Gasteiger partial charge >= 0.3 is 0 Å². The van der Waals surface area contributed by atoms with Gasteiger partial charge in [-0.15, -0.1) is 0 Å². The van der Waals surface area contributed by atoms with Crippen molar-refractivity contribution in [2.75, 3.05) is 38.0 Å². The van der Waals surface area contributed by atoms with E-state index in [1.807, 2.05) is 49.1 Å². The molecular formula is C24H33N3O3S. The van der Waals surface area contributed by atoms with E-state index < -0.39 is 10.0 Å². The standard InChI is InChI=1S/C24H33N3O3S/c1-18-6-9-21(16-19(18)2)25-23(28)17-26-12-14-27(15-13-26)31(29,30)22-10-7-20(8-11-22)24(3,4)5/h6-11,16H,12-15,17H2,1-5H3,(H,25,28). The molecule has 0 spiro atoms. The highest BCUT2D eigenvalue weighted by atomic mass is 32.2. The smallest absolute Gasteiger partial charge is 0.243 e. The van der Waals surface area contributed by atoms with Crippen LogP contribution in [0.5, 0.6) is 0 Å². The highest BCUT2D eigenvalue weighted by Crippen LogP contribution is 2.25. The summed E-state index contributed by atoms with van der Waals surface area (Å²) < 4.78 is 27.5. The maximum absolute atomic E-state index is 13.0. The number of amides is 1. The third-order valence-electron chi connectivity index (χ3n) is 5.85. The average Bonchev–Trinajstić information content (AvgIpc) is 2.70. The van der Waals surface area contributed by atoms with Crippen molar-refractivity contribution >= 4 is 21.6 Å². The van der Waals surface area contributed by atoms with E-state index in [1.54, 1.807) is 12.1 Å². The number of hydrogen-bond donors (Lipinski definition) is 1. The van der Waals surface area contributed by atoms with Crippen molar-refractivity contribution in [3.63, 3.8) is 0 Å². The van der Waals surface area contributed by atoms with Crippen LogP contribution in [0.25, 0.3) is 0 Å². The van der Waals surface area contributed by atoms with Crippen molar-refractivity contribution in [3.05, 3.63) is 59.2 Å². The van der Waals surface area contributed by atoms with Crippen LogP contribution in [0.2, 0.25) is 0 Å². The van der Waals surface area contributed by atoms with E-state index in [2.05, 4.69) is 26.1 Å². The predicted molar refractivity (Wildman–Crippen MR) is 125 cm³/mol. The summed E-state index contributed by atoms with van der Waals surface area (Å²) in [6.45, 7) is 12.4. The molecule has 0 bridgehead atoms. The average molecular weight is 444 g/mol. The lowest BCUT2D eigenvalue weighted by Gasteiger charge is -2.33. The molecule has 1 N–H and O–H groups in total. The maximum Gasteiger partial charge on any atom is 0.243 e. The fourth-order valence-electron chi connectivity index (χ4n) is 3.63. The first-order valence-electron chi connectivity index (χ1n) is 10.7. The van der Waals surface area contributed by atoms with Crippen LogP contribution in [0.1, 0.15) is 37.5 Å². The lowest BCUT2D eigenvalue weighted by atomic mass is 9.87. The molecule has 1 saturated heterocycles. The van der Waals surface area contributed by atoms with Crippen LogP contribution in [0.4, 0.5) is 5.69 Å². The Morgan fingerprint density at radius 1 is 0.935 bits per heavy atom. The second kappa shape index (κ2) is 9.10. The quantitative estimate of drug-likeness (QED) is 0.767. The molecule has 1 fully saturated rings. The van der Waals surface area contributed by atoms with Crippen molar-refractivity contribution in [1.82, 2.24) is 9.21 Å². The maximum atomic E-state index is 13.0. The first kappa shape index (κ1) is 23.4. The summed E-state index contributed by atoms with van der Waals surface area (Å²) in [7, 11) is -3.53. The molecule has 1 aliphatic rings. The van der Waals surface area contributed by atoms with E-state index in [-0.39, 0.29) is 17.9 Å². The molecule has 31 heavy (non-hydrogen) atoms. The van der Waals surface area contributed by atoms with Crippen LogP contribution in [-0.2, 0) is 20.2 Å². The zero-order chi connectivity index (χ0) is 22.8. The third kappa shape index (κ3) is 5.73. The molecule has 0 aliphatic carbocycles. The van der Waals surface area contributed by atoms with Crippen molar-refractivity contribution in [1.29, 1.82) is 0 Å². The van der Waals surface area contributed by atoms with E-state index >= 15 is 0 Å². The topological polar surface area (TPSA) is 69.7 Å². The minimum Gasteiger partial charge on any atom is -0.325 e. The number of nitrogens with zero attached hydrogens (tertiary/aromatic N) is 2. The number of rotatable bonds is 5. The van der Waals surface area contributed by atoms with Gasteiger partial charge in [0.05, 0.1) is 11.4 Å². The van der Waals surface area contributed by atoms with E-state index in [0.29, 0.717) is 31.1 Å². The fourth-order valence-corrected chi connectivity index (χ4v) is 5.05. The number of carbonyl (C=O) groups is 1. The van der Waals surface area contributed by atoms with Crippen molar-refractivity contribution in [2.24, 2.45) is 0 Å². The molecule has 3 rings (SSSR count). The van der Waals surface area contributed by atoms with Gasteiger partial charge in [0.2, 0.25) is 15.9 Å². The largest absolute Gasteiger partial charge is 0.325 e. The van der Waals surface area contributed by atoms with Crippen LogP contribution in [0.3, 0.4) is 0 Å². The van der Waals surface area contributed by atoms with Gasteiger partial charge < -0.3 is 5.32 Å². The molecule has 6 nitrogen and oxygen atoms in total.